The van der Waals surface area contributed by atoms with Crippen LogP contribution < -0.4 is 0 Å². The van der Waals surface area contributed by atoms with Crippen LogP contribution in [0.3, 0.4) is 0 Å². The first kappa shape index (κ1) is 6.78. The van der Waals surface area contributed by atoms with Crippen molar-refractivity contribution in [2.24, 2.45) is 0 Å². The van der Waals surface area contributed by atoms with E-state index >= 15 is 0 Å². The molecule has 0 spiro atoms. The summed E-state index contributed by atoms with van der Waals surface area (Å²) in [4.78, 5) is 4.27. The van der Waals surface area contributed by atoms with Crippen LogP contribution in [0.15, 0.2) is 11.6 Å². The van der Waals surface area contributed by atoms with Crippen LogP contribution in [0.5, 0.6) is 0 Å². The van der Waals surface area contributed by atoms with Crippen molar-refractivity contribution in [3.05, 3.63) is 11.6 Å². The number of hydrogen-bond acceptors (Lipinski definition) is 2. The highest BCUT2D eigenvalue weighted by Gasteiger charge is 2.26. The van der Waals surface area contributed by atoms with Gasteiger partial charge in [0.1, 0.15) is 5.60 Å². The van der Waals surface area contributed by atoms with Gasteiger partial charge in [-0.2, -0.15) is 0 Å². The summed E-state index contributed by atoms with van der Waals surface area (Å²) in [5.74, 6) is 0. The fourth-order valence-electron chi connectivity index (χ4n) is 0.894. The van der Waals surface area contributed by atoms with Crippen molar-refractivity contribution in [2.45, 2.75) is 32.3 Å². The molecule has 2 nitrogen and oxygen atoms in total. The van der Waals surface area contributed by atoms with Crippen LogP contribution in [0.4, 0.5) is 0 Å². The van der Waals surface area contributed by atoms with Gasteiger partial charge >= 0.3 is 0 Å². The van der Waals surface area contributed by atoms with Crippen LogP contribution in [0, 0.1) is 0 Å². The molecular formula is C7H12O2. The van der Waals surface area contributed by atoms with Gasteiger partial charge in [-0.15, -0.1) is 0 Å². The summed E-state index contributed by atoms with van der Waals surface area (Å²) in [6.45, 7) is 3.72. The van der Waals surface area contributed by atoms with Gasteiger partial charge in [0.05, 0.1) is 0 Å². The van der Waals surface area contributed by atoms with Crippen LogP contribution in [0.2, 0.25) is 0 Å². The lowest BCUT2D eigenvalue weighted by Crippen LogP contribution is -2.28. The third kappa shape index (κ3) is 1.14. The molecular weight excluding hydrogens is 116 g/mol. The number of rotatable bonds is 2. The molecule has 2 heteroatoms. The Morgan fingerprint density at radius 2 is 2.22 bits per heavy atom. The topological polar surface area (TPSA) is 29.5 Å². The van der Waals surface area contributed by atoms with Gasteiger partial charge in [0, 0.05) is 0 Å². The SMILES string of the molecule is CC(C)(OO)C1=CCC1. The van der Waals surface area contributed by atoms with E-state index in [0.717, 1.165) is 12.8 Å². The van der Waals surface area contributed by atoms with E-state index in [2.05, 4.69) is 11.0 Å². The maximum absolute atomic E-state index is 8.39. The van der Waals surface area contributed by atoms with Gasteiger partial charge in [-0.05, 0) is 32.3 Å². The Balaban J connectivity index is 2.58. The van der Waals surface area contributed by atoms with E-state index < -0.39 is 5.60 Å². The van der Waals surface area contributed by atoms with Crippen molar-refractivity contribution in [2.75, 3.05) is 0 Å². The molecule has 0 aromatic carbocycles. The molecule has 9 heavy (non-hydrogen) atoms. The Labute approximate surface area is 55.1 Å². The largest absolute Gasteiger partial charge is 0.251 e. The summed E-state index contributed by atoms with van der Waals surface area (Å²) < 4.78 is 0. The molecule has 0 aliphatic heterocycles. The zero-order valence-electron chi connectivity index (χ0n) is 5.85. The van der Waals surface area contributed by atoms with Crippen molar-refractivity contribution < 1.29 is 10.1 Å². The lowest BCUT2D eigenvalue weighted by atomic mass is 9.86. The molecule has 0 bridgehead atoms. The standard InChI is InChI=1S/C7H12O2/c1-7(2,9-8)6-4-3-5-6/h4,8H,3,5H2,1-2H3. The molecule has 0 aromatic heterocycles. The fourth-order valence-corrected chi connectivity index (χ4v) is 0.894. The second-order valence-electron chi connectivity index (χ2n) is 2.87. The van der Waals surface area contributed by atoms with Gasteiger partial charge in [0.25, 0.3) is 0 Å². The normalized spacial score (nSPS) is 18.8. The quantitative estimate of drug-likeness (QED) is 0.350. The van der Waals surface area contributed by atoms with Crippen molar-refractivity contribution in [1.82, 2.24) is 0 Å². The van der Waals surface area contributed by atoms with Crippen molar-refractivity contribution in [3.8, 4) is 0 Å². The maximum Gasteiger partial charge on any atom is 0.119 e. The lowest BCUT2D eigenvalue weighted by molar-refractivity contribution is -0.301. The third-order valence-corrected chi connectivity index (χ3v) is 1.81. The number of hydrogen-bond donors (Lipinski definition) is 1. The zero-order chi connectivity index (χ0) is 6.91. The summed E-state index contributed by atoms with van der Waals surface area (Å²) >= 11 is 0. The van der Waals surface area contributed by atoms with E-state index in [9.17, 15) is 0 Å². The highest BCUT2D eigenvalue weighted by atomic mass is 17.1. The molecule has 0 radical (unpaired) electrons. The molecule has 1 aliphatic carbocycles. The van der Waals surface area contributed by atoms with E-state index in [-0.39, 0.29) is 0 Å². The minimum atomic E-state index is -0.446. The molecule has 0 unspecified atom stereocenters. The van der Waals surface area contributed by atoms with Crippen LogP contribution in [-0.4, -0.2) is 10.9 Å². The smallest absolute Gasteiger partial charge is 0.119 e. The summed E-state index contributed by atoms with van der Waals surface area (Å²) in [6.07, 6.45) is 4.28. The average molecular weight is 128 g/mol. The second kappa shape index (κ2) is 2.12. The molecule has 1 aliphatic rings. The van der Waals surface area contributed by atoms with Crippen LogP contribution in [0.25, 0.3) is 0 Å². The first-order valence-electron chi connectivity index (χ1n) is 3.19. The Bertz CT molecular complexity index is 136. The maximum atomic E-state index is 8.39. The Morgan fingerprint density at radius 3 is 2.33 bits per heavy atom. The Kier molecular flexibility index (Phi) is 1.60. The summed E-state index contributed by atoms with van der Waals surface area (Å²) in [5.41, 5.74) is 0.753. The van der Waals surface area contributed by atoms with Crippen LogP contribution in [0.1, 0.15) is 26.7 Å². The predicted octanol–water partition coefficient (Wildman–Crippen LogP) is 1.97. The predicted molar refractivity (Wildman–Crippen MR) is 35.1 cm³/mol. The van der Waals surface area contributed by atoms with Crippen molar-refractivity contribution >= 4 is 0 Å². The number of allylic oxidation sites excluding steroid dienone is 1. The molecule has 0 amide bonds. The highest BCUT2D eigenvalue weighted by molar-refractivity contribution is 5.21. The van der Waals surface area contributed by atoms with Gasteiger partial charge in [-0.25, -0.2) is 4.89 Å². The Morgan fingerprint density at radius 1 is 1.67 bits per heavy atom. The lowest BCUT2D eigenvalue weighted by Gasteiger charge is -2.28. The molecule has 0 aromatic rings. The fraction of sp³-hybridized carbons (Fsp3) is 0.714. The molecule has 0 fully saturated rings. The van der Waals surface area contributed by atoms with Crippen molar-refractivity contribution in [1.29, 1.82) is 0 Å². The van der Waals surface area contributed by atoms with Gasteiger partial charge < -0.3 is 0 Å². The molecule has 0 atom stereocenters. The van der Waals surface area contributed by atoms with E-state index in [4.69, 9.17) is 5.26 Å². The van der Waals surface area contributed by atoms with Gasteiger partial charge in [-0.3, -0.25) is 5.26 Å². The van der Waals surface area contributed by atoms with E-state index in [1.807, 2.05) is 13.8 Å². The molecule has 1 N–H and O–H groups in total. The third-order valence-electron chi connectivity index (χ3n) is 1.81. The highest BCUT2D eigenvalue weighted by Crippen LogP contribution is 2.30. The monoisotopic (exact) mass is 128 g/mol. The van der Waals surface area contributed by atoms with E-state index in [1.165, 1.54) is 5.57 Å². The molecule has 1 rings (SSSR count). The first-order chi connectivity index (χ1) is 4.17. The minimum absolute atomic E-state index is 0.446. The van der Waals surface area contributed by atoms with Crippen molar-refractivity contribution in [3.63, 3.8) is 0 Å². The minimum Gasteiger partial charge on any atom is -0.251 e. The summed E-state index contributed by atoms with van der Waals surface area (Å²) in [7, 11) is 0. The van der Waals surface area contributed by atoms with E-state index in [0.29, 0.717) is 0 Å². The second-order valence-corrected chi connectivity index (χ2v) is 2.87. The van der Waals surface area contributed by atoms with Crippen LogP contribution in [-0.2, 0) is 4.89 Å². The van der Waals surface area contributed by atoms with Gasteiger partial charge in [0.15, 0.2) is 0 Å². The molecule has 0 heterocycles. The zero-order valence-corrected chi connectivity index (χ0v) is 5.85. The van der Waals surface area contributed by atoms with Gasteiger partial charge in [-0.1, -0.05) is 6.08 Å². The summed E-state index contributed by atoms with van der Waals surface area (Å²) in [5, 5.41) is 8.39. The molecule has 52 valence electrons. The average Bonchev–Trinajstić information content (AvgIpc) is 1.60. The first-order valence-corrected chi connectivity index (χ1v) is 3.19. The molecule has 0 saturated heterocycles. The van der Waals surface area contributed by atoms with E-state index in [1.54, 1.807) is 0 Å². The molecule has 0 saturated carbocycles. The van der Waals surface area contributed by atoms with Crippen LogP contribution >= 0.6 is 0 Å². The Hall–Kier alpha value is -0.340. The summed E-state index contributed by atoms with van der Waals surface area (Å²) in [6, 6.07) is 0. The van der Waals surface area contributed by atoms with Gasteiger partial charge in [0.2, 0.25) is 0 Å².